The van der Waals surface area contributed by atoms with Gasteiger partial charge in [0.05, 0.1) is 6.61 Å². The molecule has 0 radical (unpaired) electrons. The highest BCUT2D eigenvalue weighted by Crippen LogP contribution is 2.66. The first-order valence-electron chi connectivity index (χ1n) is 8.48. The van der Waals surface area contributed by atoms with E-state index in [0.717, 1.165) is 6.07 Å². The number of nitrogens with zero attached hydrogens (tertiary/aromatic N) is 1. The van der Waals surface area contributed by atoms with Crippen LogP contribution < -0.4 is 11.2 Å². The molecule has 0 spiro atoms. The topological polar surface area (TPSA) is 244 Å². The van der Waals surface area contributed by atoms with Crippen LogP contribution in [0.3, 0.4) is 0 Å². The van der Waals surface area contributed by atoms with E-state index in [1.54, 1.807) is 0 Å². The van der Waals surface area contributed by atoms with Crippen LogP contribution in [0.15, 0.2) is 15.7 Å². The SMILES string of the molecule is CC#CC1(F)[C@@H](O)[C@@H](COP(=O)(O)OP(=O)(O)OP(=O)(O)O)O[C@H]1n1c(C)cc(=O)[nH]c1=O. The lowest BCUT2D eigenvalue weighted by molar-refractivity contribution is -0.0544. The minimum Gasteiger partial charge on any atom is -0.386 e. The fraction of sp³-hybridized carbons (Fsp3) is 0.538. The number of hydrogen-bond donors (Lipinski definition) is 6. The molecule has 0 saturated carbocycles. The first-order valence-corrected chi connectivity index (χ1v) is 13.0. The first kappa shape index (κ1) is 27.7. The Morgan fingerprint density at radius 3 is 2.33 bits per heavy atom. The Balaban J connectivity index is 2.29. The smallest absolute Gasteiger partial charge is 0.386 e. The van der Waals surface area contributed by atoms with E-state index in [0.29, 0.717) is 4.57 Å². The van der Waals surface area contributed by atoms with Gasteiger partial charge in [-0.25, -0.2) is 22.9 Å². The fourth-order valence-corrected chi connectivity index (χ4v) is 5.88. The summed E-state index contributed by atoms with van der Waals surface area (Å²) in [5, 5.41) is 10.4. The number of aliphatic hydroxyl groups is 1. The van der Waals surface area contributed by atoms with Gasteiger partial charge in [-0.3, -0.25) is 18.9 Å². The van der Waals surface area contributed by atoms with Crippen LogP contribution in [0.4, 0.5) is 4.39 Å². The highest BCUT2D eigenvalue weighted by atomic mass is 31.3. The Labute approximate surface area is 183 Å². The lowest BCUT2D eigenvalue weighted by Gasteiger charge is -2.25. The normalized spacial score (nSPS) is 29.0. The Kier molecular flexibility index (Phi) is 8.10. The van der Waals surface area contributed by atoms with Crippen molar-refractivity contribution in [2.75, 3.05) is 6.61 Å². The molecule has 0 aromatic carbocycles. The maximum atomic E-state index is 15.6. The quantitative estimate of drug-likeness (QED) is 0.175. The number of aromatic amines is 1. The van der Waals surface area contributed by atoms with Gasteiger partial charge in [0, 0.05) is 11.8 Å². The number of halogens is 1. The highest BCUT2D eigenvalue weighted by molar-refractivity contribution is 7.66. The second kappa shape index (κ2) is 9.63. The number of hydrogen-bond acceptors (Lipinski definition) is 10. The molecule has 20 heteroatoms. The lowest BCUT2D eigenvalue weighted by atomic mass is 9.96. The molecule has 6 atom stereocenters. The Bertz CT molecular complexity index is 1230. The summed E-state index contributed by atoms with van der Waals surface area (Å²) in [6.07, 6.45) is -6.02. The second-order valence-corrected chi connectivity index (χ2v) is 10.9. The molecule has 2 heterocycles. The van der Waals surface area contributed by atoms with Crippen LogP contribution in [0.25, 0.3) is 0 Å². The van der Waals surface area contributed by atoms with Gasteiger partial charge in [0.25, 0.3) is 5.56 Å². The van der Waals surface area contributed by atoms with Crippen molar-refractivity contribution >= 4 is 23.5 Å². The number of alkyl halides is 1. The van der Waals surface area contributed by atoms with Crippen molar-refractivity contribution in [3.63, 3.8) is 0 Å². The van der Waals surface area contributed by atoms with Gasteiger partial charge in [-0.05, 0) is 13.8 Å². The zero-order valence-electron chi connectivity index (χ0n) is 16.6. The van der Waals surface area contributed by atoms with Gasteiger partial charge in [-0.15, -0.1) is 5.92 Å². The van der Waals surface area contributed by atoms with Gasteiger partial charge in [-0.1, -0.05) is 5.92 Å². The minimum absolute atomic E-state index is 0.0885. The molecule has 0 amide bonds. The van der Waals surface area contributed by atoms with Crippen LogP contribution in [-0.4, -0.2) is 58.7 Å². The van der Waals surface area contributed by atoms with Gasteiger partial charge in [0.2, 0.25) is 5.67 Å². The van der Waals surface area contributed by atoms with E-state index in [1.165, 1.54) is 13.8 Å². The molecule has 1 aromatic rings. The molecule has 6 N–H and O–H groups in total. The molecule has 0 aliphatic carbocycles. The Hall–Kier alpha value is -1.50. The zero-order valence-corrected chi connectivity index (χ0v) is 19.3. The molecule has 1 aliphatic heterocycles. The van der Waals surface area contributed by atoms with Gasteiger partial charge in [0.1, 0.15) is 12.2 Å². The molecule has 0 bridgehead atoms. The van der Waals surface area contributed by atoms with Crippen LogP contribution in [-0.2, 0) is 31.6 Å². The van der Waals surface area contributed by atoms with Crippen molar-refractivity contribution in [2.45, 2.75) is 38.0 Å². The molecule has 186 valence electrons. The number of phosphoric ester groups is 1. The molecule has 1 aromatic heterocycles. The summed E-state index contributed by atoms with van der Waals surface area (Å²) >= 11 is 0. The number of nitrogens with one attached hydrogen (secondary N) is 1. The predicted molar refractivity (Wildman–Crippen MR) is 103 cm³/mol. The maximum absolute atomic E-state index is 15.6. The van der Waals surface area contributed by atoms with E-state index in [-0.39, 0.29) is 5.69 Å². The summed E-state index contributed by atoms with van der Waals surface area (Å²) in [5.74, 6) is 4.22. The molecule has 1 saturated heterocycles. The number of ether oxygens (including phenoxy) is 1. The maximum Gasteiger partial charge on any atom is 0.490 e. The van der Waals surface area contributed by atoms with Crippen molar-refractivity contribution in [2.24, 2.45) is 0 Å². The number of phosphoric acid groups is 3. The van der Waals surface area contributed by atoms with E-state index in [1.807, 2.05) is 10.9 Å². The third-order valence-corrected chi connectivity index (χ3v) is 7.79. The number of H-pyrrole nitrogens is 1. The van der Waals surface area contributed by atoms with E-state index in [2.05, 4.69) is 19.1 Å². The highest BCUT2D eigenvalue weighted by Gasteiger charge is 2.58. The largest absolute Gasteiger partial charge is 0.490 e. The molecule has 33 heavy (non-hydrogen) atoms. The number of aromatic nitrogens is 2. The van der Waals surface area contributed by atoms with Crippen molar-refractivity contribution in [1.82, 2.24) is 9.55 Å². The number of aliphatic hydroxyl groups excluding tert-OH is 1. The van der Waals surface area contributed by atoms with Crippen molar-refractivity contribution in [1.29, 1.82) is 0 Å². The van der Waals surface area contributed by atoms with Crippen molar-refractivity contribution < 1.29 is 60.6 Å². The first-order chi connectivity index (χ1) is 14.9. The second-order valence-electron chi connectivity index (χ2n) is 6.45. The molecule has 16 nitrogen and oxygen atoms in total. The van der Waals surface area contributed by atoms with Crippen LogP contribution in [0.2, 0.25) is 0 Å². The molecule has 2 rings (SSSR count). The number of aryl methyl sites for hydroxylation is 1. The predicted octanol–water partition coefficient (Wildman–Crippen LogP) is -0.822. The minimum atomic E-state index is -5.81. The molecule has 1 fully saturated rings. The molecular weight excluding hydrogens is 520 g/mol. The molecule has 3 unspecified atom stereocenters. The van der Waals surface area contributed by atoms with Crippen LogP contribution >= 0.6 is 23.5 Å². The van der Waals surface area contributed by atoms with Crippen LogP contribution in [0.1, 0.15) is 18.8 Å². The standard InChI is InChI=1S/C13H18FN2O14P3/c1-3-4-13(14)10(18)8(28-11(13)16-7(2)5-9(17)15-12(16)19)6-27-32(23,24)30-33(25,26)29-31(20,21)22/h5,8,10-11,18H,6H2,1-2H3,(H,23,24)(H,25,26)(H,15,17,19)(H2,20,21,22)/t8-,10+,11-,13?/m1/s1. The van der Waals surface area contributed by atoms with E-state index >= 15 is 4.39 Å². The van der Waals surface area contributed by atoms with Gasteiger partial charge in [0.15, 0.2) is 6.23 Å². The Morgan fingerprint density at radius 1 is 1.21 bits per heavy atom. The number of rotatable bonds is 8. The van der Waals surface area contributed by atoms with Gasteiger partial charge < -0.3 is 29.4 Å². The van der Waals surface area contributed by atoms with E-state index in [4.69, 9.17) is 19.4 Å². The third-order valence-electron chi connectivity index (χ3n) is 3.98. The molecule has 1 aliphatic rings. The van der Waals surface area contributed by atoms with Crippen LogP contribution in [0, 0.1) is 18.8 Å². The summed E-state index contributed by atoms with van der Waals surface area (Å²) in [5.41, 5.74) is -5.01. The van der Waals surface area contributed by atoms with E-state index in [9.17, 15) is 33.3 Å². The fourth-order valence-electron chi connectivity index (χ4n) is 2.85. The lowest BCUT2D eigenvalue weighted by Crippen LogP contribution is -2.45. The third kappa shape index (κ3) is 6.77. The van der Waals surface area contributed by atoms with Crippen molar-refractivity contribution in [3.8, 4) is 11.8 Å². The summed E-state index contributed by atoms with van der Waals surface area (Å²) in [4.78, 5) is 61.2. The zero-order chi connectivity index (χ0) is 25.4. The average Bonchev–Trinajstić information content (AvgIpc) is 2.81. The summed E-state index contributed by atoms with van der Waals surface area (Å²) in [6.45, 7) is 1.26. The summed E-state index contributed by atoms with van der Waals surface area (Å²) in [6, 6.07) is 0.927. The van der Waals surface area contributed by atoms with Crippen LogP contribution in [0.5, 0.6) is 0 Å². The van der Waals surface area contributed by atoms with Crippen molar-refractivity contribution in [3.05, 3.63) is 32.6 Å². The monoisotopic (exact) mass is 538 g/mol. The molecular formula is C13H18FN2O14P3. The van der Waals surface area contributed by atoms with Gasteiger partial charge >= 0.3 is 29.2 Å². The summed E-state index contributed by atoms with van der Waals surface area (Å²) in [7, 11) is -17.0. The Morgan fingerprint density at radius 2 is 1.82 bits per heavy atom. The van der Waals surface area contributed by atoms with Gasteiger partial charge in [-0.2, -0.15) is 8.62 Å². The average molecular weight is 538 g/mol. The van der Waals surface area contributed by atoms with E-state index < -0.39 is 65.4 Å². The summed E-state index contributed by atoms with van der Waals surface area (Å²) < 4.78 is 66.8.